The lowest BCUT2D eigenvalue weighted by Crippen LogP contribution is -2.59. The molecule has 9 heteroatoms. The van der Waals surface area contributed by atoms with Crippen molar-refractivity contribution in [1.29, 1.82) is 0 Å². The molecule has 39 heavy (non-hydrogen) atoms. The first-order valence-corrected chi connectivity index (χ1v) is 13.7. The van der Waals surface area contributed by atoms with Gasteiger partial charge in [0.2, 0.25) is 11.8 Å². The zero-order valence-corrected chi connectivity index (χ0v) is 23.1. The molecule has 2 aromatic rings. The Balaban J connectivity index is 1.69. The molecule has 0 spiro atoms. The van der Waals surface area contributed by atoms with Crippen LogP contribution in [0.1, 0.15) is 55.2 Å². The Labute approximate surface area is 232 Å². The monoisotopic (exact) mass is 527 g/mol. The van der Waals surface area contributed by atoms with Crippen LogP contribution in [0.3, 0.4) is 0 Å². The average Bonchev–Trinajstić information content (AvgIpc) is 3.27. The lowest BCUT2D eigenvalue weighted by atomic mass is 10.0. The van der Waals surface area contributed by atoms with Crippen molar-refractivity contribution in [1.82, 2.24) is 19.2 Å². The highest BCUT2D eigenvalue weighted by Crippen LogP contribution is 2.35. The Hall–Kier alpha value is -3.59. The molecule has 1 aromatic carbocycles. The van der Waals surface area contributed by atoms with E-state index in [1.54, 1.807) is 9.71 Å². The van der Waals surface area contributed by atoms with Crippen LogP contribution in [0.15, 0.2) is 60.7 Å². The van der Waals surface area contributed by atoms with Crippen molar-refractivity contribution in [3.8, 4) is 11.3 Å². The first-order chi connectivity index (χ1) is 18.7. The minimum absolute atomic E-state index is 0.00356. The normalized spacial score (nSPS) is 19.4. The van der Waals surface area contributed by atoms with Gasteiger partial charge in [-0.05, 0) is 38.8 Å². The molecular formula is C30H38BN5O3. The van der Waals surface area contributed by atoms with E-state index in [1.807, 2.05) is 68.1 Å². The first kappa shape index (κ1) is 28.4. The Morgan fingerprint density at radius 1 is 1.10 bits per heavy atom. The number of hydrogen-bond donors (Lipinski definition) is 1. The summed E-state index contributed by atoms with van der Waals surface area (Å²) in [5, 5.41) is 0. The summed E-state index contributed by atoms with van der Waals surface area (Å²) in [5.74, 6) is -0.738. The van der Waals surface area contributed by atoms with Gasteiger partial charge in [0.1, 0.15) is 0 Å². The van der Waals surface area contributed by atoms with E-state index in [4.69, 9.17) is 13.7 Å². The lowest BCUT2D eigenvalue weighted by molar-refractivity contribution is -0.135. The summed E-state index contributed by atoms with van der Waals surface area (Å²) >= 11 is 0. The number of nitrogens with two attached hydrogens (primary N) is 1. The molecular weight excluding hydrogens is 489 g/mol. The molecule has 1 aliphatic carbocycles. The Morgan fingerprint density at radius 2 is 1.85 bits per heavy atom. The summed E-state index contributed by atoms with van der Waals surface area (Å²) in [5.41, 5.74) is 8.82. The molecule has 1 unspecified atom stereocenters. The molecule has 2 aliphatic rings. The number of primary amides is 1. The first-order valence-electron chi connectivity index (χ1n) is 13.7. The van der Waals surface area contributed by atoms with Crippen molar-refractivity contribution in [3.05, 3.63) is 72.0 Å². The molecule has 4 rings (SSSR count). The molecule has 1 saturated heterocycles. The largest absolute Gasteiger partial charge is 0.370 e. The van der Waals surface area contributed by atoms with Crippen LogP contribution >= 0.6 is 0 Å². The standard InChI is InChI=1S/C30H38BN5O3/c1-21(2)35(28(38)15-14-27(32)37)20-25-19-33(31)16-17-34(25)30(39)26-18-22(3)36(24-12-8-5-9-13-24)29(26)23-10-6-4-7-11-23/h4-12,18,21,24-25H,13-17,19-20H2,1-3H3,(H2,32,37)/t24?,25-/m0/s1. The summed E-state index contributed by atoms with van der Waals surface area (Å²) < 4.78 is 2.25. The van der Waals surface area contributed by atoms with Gasteiger partial charge in [-0.15, -0.1) is 0 Å². The van der Waals surface area contributed by atoms with Gasteiger partial charge in [0.15, 0.2) is 7.98 Å². The molecule has 2 N–H and O–H groups in total. The maximum atomic E-state index is 14.4. The Morgan fingerprint density at radius 3 is 2.49 bits per heavy atom. The van der Waals surface area contributed by atoms with Crippen LogP contribution in [0.25, 0.3) is 11.3 Å². The Bertz CT molecular complexity index is 1250. The van der Waals surface area contributed by atoms with Gasteiger partial charge in [0.05, 0.1) is 23.3 Å². The van der Waals surface area contributed by atoms with Crippen LogP contribution in [0, 0.1) is 6.92 Å². The number of amides is 3. The molecule has 2 radical (unpaired) electrons. The van der Waals surface area contributed by atoms with Crippen molar-refractivity contribution in [2.75, 3.05) is 26.2 Å². The van der Waals surface area contributed by atoms with Gasteiger partial charge >= 0.3 is 0 Å². The molecule has 0 saturated carbocycles. The van der Waals surface area contributed by atoms with Gasteiger partial charge in [-0.2, -0.15) is 0 Å². The minimum atomic E-state index is -0.508. The van der Waals surface area contributed by atoms with Crippen molar-refractivity contribution < 1.29 is 14.4 Å². The fourth-order valence-corrected chi connectivity index (χ4v) is 5.55. The van der Waals surface area contributed by atoms with Gasteiger partial charge < -0.3 is 24.9 Å². The second-order valence-electron chi connectivity index (χ2n) is 10.7. The van der Waals surface area contributed by atoms with Crippen molar-refractivity contribution in [2.45, 2.75) is 58.2 Å². The summed E-state index contributed by atoms with van der Waals surface area (Å²) in [6.07, 6.45) is 9.31. The van der Waals surface area contributed by atoms with E-state index in [1.165, 1.54) is 0 Å². The maximum Gasteiger partial charge on any atom is 0.256 e. The smallest absolute Gasteiger partial charge is 0.256 e. The van der Waals surface area contributed by atoms with Crippen LogP contribution in [0.5, 0.6) is 0 Å². The van der Waals surface area contributed by atoms with E-state index in [9.17, 15) is 14.4 Å². The van der Waals surface area contributed by atoms with E-state index < -0.39 is 5.91 Å². The van der Waals surface area contributed by atoms with Crippen molar-refractivity contribution in [2.24, 2.45) is 5.73 Å². The summed E-state index contributed by atoms with van der Waals surface area (Å²) in [6.45, 7) is 7.66. The highest BCUT2D eigenvalue weighted by Gasteiger charge is 2.35. The molecule has 1 fully saturated rings. The quantitative estimate of drug-likeness (QED) is 0.507. The zero-order chi connectivity index (χ0) is 28.1. The summed E-state index contributed by atoms with van der Waals surface area (Å²) in [4.78, 5) is 43.9. The third kappa shape index (κ3) is 6.53. The zero-order valence-electron chi connectivity index (χ0n) is 23.1. The van der Waals surface area contributed by atoms with E-state index in [2.05, 4.69) is 22.8 Å². The number of carbonyl (C=O) groups is 3. The number of carbonyl (C=O) groups excluding carboxylic acids is 3. The number of allylic oxidation sites excluding steroid dienone is 4. The van der Waals surface area contributed by atoms with Crippen molar-refractivity contribution in [3.63, 3.8) is 0 Å². The molecule has 1 aromatic heterocycles. The fraction of sp³-hybridized carbons (Fsp3) is 0.433. The SMILES string of the molecule is [B]N1CCN(C(=O)c2cc(C)n(C3C=CC=CC3)c2-c2ccccc2)[C@H](CN(C(=O)CCC(N)=O)C(C)C)C1. The van der Waals surface area contributed by atoms with Gasteiger partial charge in [-0.3, -0.25) is 14.4 Å². The number of piperazine rings is 1. The second kappa shape index (κ2) is 12.5. The van der Waals surface area contributed by atoms with E-state index >= 15 is 0 Å². The molecule has 0 bridgehead atoms. The maximum absolute atomic E-state index is 14.4. The molecule has 2 heterocycles. The van der Waals surface area contributed by atoms with E-state index in [0.717, 1.165) is 23.4 Å². The van der Waals surface area contributed by atoms with Gasteiger partial charge in [-0.1, -0.05) is 54.6 Å². The number of aryl methyl sites for hydroxylation is 1. The third-order valence-corrected chi connectivity index (χ3v) is 7.51. The minimum Gasteiger partial charge on any atom is -0.370 e. The number of benzene rings is 1. The molecule has 2 atom stereocenters. The second-order valence-corrected chi connectivity index (χ2v) is 10.7. The molecule has 8 nitrogen and oxygen atoms in total. The van der Waals surface area contributed by atoms with Crippen LogP contribution in [-0.2, 0) is 9.59 Å². The molecule has 3 amide bonds. The number of nitrogens with zero attached hydrogens (tertiary/aromatic N) is 4. The topological polar surface area (TPSA) is 91.9 Å². The molecule has 204 valence electrons. The van der Waals surface area contributed by atoms with E-state index in [0.29, 0.717) is 31.7 Å². The highest BCUT2D eigenvalue weighted by molar-refractivity contribution is 6.05. The lowest BCUT2D eigenvalue weighted by Gasteiger charge is -2.43. The number of aromatic nitrogens is 1. The predicted molar refractivity (Wildman–Crippen MR) is 154 cm³/mol. The van der Waals surface area contributed by atoms with Crippen molar-refractivity contribution >= 4 is 25.7 Å². The third-order valence-electron chi connectivity index (χ3n) is 7.51. The van der Waals surface area contributed by atoms with Gasteiger partial charge in [0, 0.05) is 50.8 Å². The fourth-order valence-electron chi connectivity index (χ4n) is 5.55. The van der Waals surface area contributed by atoms with Crippen LogP contribution in [-0.4, -0.2) is 83.1 Å². The number of hydrogen-bond acceptors (Lipinski definition) is 4. The van der Waals surface area contributed by atoms with Gasteiger partial charge in [0.25, 0.3) is 5.91 Å². The van der Waals surface area contributed by atoms with Crippen LogP contribution < -0.4 is 5.73 Å². The molecule has 1 aliphatic heterocycles. The van der Waals surface area contributed by atoms with Crippen LogP contribution in [0.2, 0.25) is 0 Å². The predicted octanol–water partition coefficient (Wildman–Crippen LogP) is 3.23. The summed E-state index contributed by atoms with van der Waals surface area (Å²) in [7, 11) is 6.21. The Kier molecular flexibility index (Phi) is 9.12. The van der Waals surface area contributed by atoms with Crippen LogP contribution in [0.4, 0.5) is 0 Å². The van der Waals surface area contributed by atoms with Gasteiger partial charge in [-0.25, -0.2) is 0 Å². The van der Waals surface area contributed by atoms with E-state index in [-0.39, 0.29) is 42.8 Å². The number of rotatable bonds is 9. The average molecular weight is 527 g/mol. The highest BCUT2D eigenvalue weighted by atomic mass is 16.2. The summed E-state index contributed by atoms with van der Waals surface area (Å²) in [6, 6.07) is 11.7.